The molecule has 0 unspecified atom stereocenters. The molecule has 57 heavy (non-hydrogen) atoms. The molecule has 6 atom stereocenters. The lowest BCUT2D eigenvalue weighted by atomic mass is 9.83. The molecule has 0 radical (unpaired) electrons. The fraction of sp³-hybridized carbons (Fsp3) is 0.581. The van der Waals surface area contributed by atoms with Crippen molar-refractivity contribution in [2.24, 2.45) is 17.8 Å². The third kappa shape index (κ3) is 16.7. The lowest BCUT2D eigenvalue weighted by Gasteiger charge is -2.31. The molecule has 0 spiro atoms. The van der Waals surface area contributed by atoms with Crippen molar-refractivity contribution in [3.63, 3.8) is 0 Å². The molecule has 1 saturated carbocycles. The Morgan fingerprint density at radius 1 is 0.702 bits per heavy atom. The average molecular weight is 794 g/mol. The smallest absolute Gasteiger partial charge is 0.335 e. The van der Waals surface area contributed by atoms with E-state index in [0.29, 0.717) is 18.4 Å². The Morgan fingerprint density at radius 2 is 1.30 bits per heavy atom. The van der Waals surface area contributed by atoms with Crippen LogP contribution in [0.1, 0.15) is 114 Å². The van der Waals surface area contributed by atoms with E-state index in [0.717, 1.165) is 37.7 Å². The predicted molar refractivity (Wildman–Crippen MR) is 216 cm³/mol. The van der Waals surface area contributed by atoms with Crippen LogP contribution >= 0.6 is 0 Å². The van der Waals surface area contributed by atoms with Gasteiger partial charge in [-0.3, -0.25) is 24.0 Å². The predicted octanol–water partition coefficient (Wildman–Crippen LogP) is 3.38. The third-order valence-electron chi connectivity index (χ3n) is 10.3. The summed E-state index contributed by atoms with van der Waals surface area (Å²) in [6, 6.07) is 11.8. The summed E-state index contributed by atoms with van der Waals surface area (Å²) in [5.41, 5.74) is 1.62. The zero-order valence-electron chi connectivity index (χ0n) is 34.0. The summed E-state index contributed by atoms with van der Waals surface area (Å²) in [6.45, 7) is 8.86. The zero-order chi connectivity index (χ0) is 42.1. The van der Waals surface area contributed by atoms with E-state index in [1.807, 2.05) is 44.2 Å². The van der Waals surface area contributed by atoms with Crippen molar-refractivity contribution in [1.82, 2.24) is 26.6 Å². The van der Waals surface area contributed by atoms with Gasteiger partial charge in [-0.25, -0.2) is 4.79 Å². The molecular weight excluding hydrogens is 730 g/mol. The number of benzene rings is 2. The van der Waals surface area contributed by atoms with Gasteiger partial charge in [0.25, 0.3) is 0 Å². The Labute approximate surface area is 336 Å². The highest BCUT2D eigenvalue weighted by molar-refractivity contribution is 5.89. The maximum atomic E-state index is 13.6. The summed E-state index contributed by atoms with van der Waals surface area (Å²) in [6.07, 6.45) is 2.56. The highest BCUT2D eigenvalue weighted by atomic mass is 16.4. The second-order valence-corrected chi connectivity index (χ2v) is 16.2. The Hall–Kier alpha value is -4.82. The van der Waals surface area contributed by atoms with Crippen molar-refractivity contribution in [2.45, 2.75) is 142 Å². The summed E-state index contributed by atoms with van der Waals surface area (Å²) in [4.78, 5) is 76.6. The normalized spacial score (nSPS) is 16.4. The fourth-order valence-corrected chi connectivity index (χ4v) is 7.24. The van der Waals surface area contributed by atoms with E-state index in [1.165, 1.54) is 19.1 Å². The Kier molecular flexibility index (Phi) is 19.1. The van der Waals surface area contributed by atoms with E-state index in [4.69, 9.17) is 5.11 Å². The maximum Gasteiger partial charge on any atom is 0.335 e. The van der Waals surface area contributed by atoms with Crippen LogP contribution in [0.4, 0.5) is 0 Å². The molecular formula is C43H63N5O9. The van der Waals surface area contributed by atoms with Crippen molar-refractivity contribution in [3.05, 3.63) is 71.3 Å². The van der Waals surface area contributed by atoms with Crippen molar-refractivity contribution in [2.75, 3.05) is 0 Å². The van der Waals surface area contributed by atoms with Gasteiger partial charge in [0.15, 0.2) is 0 Å². The standard InChI is InChI=1S/C43H63N5O9/c1-26(2)20-35(45-28(5)49)41(54)47-34(22-30-14-10-7-11-15-30)37(51)23-38(52)46-33(21-29-12-8-6-9-13-29)36(50)24-39(53)48-40(27(3)4)42(55)44-25-31-16-18-32(19-17-31)43(56)57/h7,10-11,14-19,26-27,29,33-37,40,50-51H,6,8-9,12-13,20-25H2,1-5H3,(H,44,55)(H,45,49)(H,46,52)(H,47,54)(H,48,53)(H,56,57)/t33-,34-,35-,36-,37-,40-/m0/s1. The molecule has 5 amide bonds. The summed E-state index contributed by atoms with van der Waals surface area (Å²) in [7, 11) is 0. The lowest BCUT2D eigenvalue weighted by molar-refractivity contribution is -0.132. The van der Waals surface area contributed by atoms with Crippen LogP contribution in [0.25, 0.3) is 0 Å². The number of hydrogen-bond acceptors (Lipinski definition) is 8. The van der Waals surface area contributed by atoms with E-state index < -0.39 is 72.4 Å². The molecule has 0 aromatic heterocycles. The van der Waals surface area contributed by atoms with E-state index in [9.17, 15) is 39.0 Å². The zero-order valence-corrected chi connectivity index (χ0v) is 34.0. The summed E-state index contributed by atoms with van der Waals surface area (Å²) < 4.78 is 0. The minimum Gasteiger partial charge on any atom is -0.478 e. The van der Waals surface area contributed by atoms with Crippen LogP contribution in [0.2, 0.25) is 0 Å². The minimum absolute atomic E-state index is 0.0933. The lowest BCUT2D eigenvalue weighted by Crippen LogP contribution is -2.54. The summed E-state index contributed by atoms with van der Waals surface area (Å²) in [5, 5.41) is 46.0. The molecule has 8 N–H and O–H groups in total. The number of amides is 5. The van der Waals surface area contributed by atoms with Gasteiger partial charge in [-0.2, -0.15) is 0 Å². The number of hydrogen-bond donors (Lipinski definition) is 8. The maximum absolute atomic E-state index is 13.6. The molecule has 1 fully saturated rings. The largest absolute Gasteiger partial charge is 0.478 e. The molecule has 0 aliphatic heterocycles. The van der Waals surface area contributed by atoms with E-state index in [1.54, 1.807) is 26.0 Å². The SMILES string of the molecule is CC(=O)N[C@@H](CC(C)C)C(=O)N[C@@H](Cc1ccccc1)[C@@H](O)CC(=O)N[C@@H](CC1CCCCC1)[C@@H](O)CC(=O)N[C@H](C(=O)NCc1ccc(C(=O)O)cc1)C(C)C. The molecule has 1 aliphatic rings. The third-order valence-corrected chi connectivity index (χ3v) is 10.3. The molecule has 0 bridgehead atoms. The first-order valence-corrected chi connectivity index (χ1v) is 20.2. The van der Waals surface area contributed by atoms with Gasteiger partial charge in [-0.1, -0.05) is 102 Å². The number of carboxylic acid groups (broad SMARTS) is 1. The molecule has 3 rings (SSSR count). The number of nitrogens with one attached hydrogen (secondary N) is 5. The summed E-state index contributed by atoms with van der Waals surface area (Å²) >= 11 is 0. The number of rotatable bonds is 22. The average Bonchev–Trinajstić information content (AvgIpc) is 3.15. The molecule has 2 aromatic rings. The van der Waals surface area contributed by atoms with Crippen LogP contribution in [0.5, 0.6) is 0 Å². The monoisotopic (exact) mass is 793 g/mol. The Balaban J connectivity index is 1.70. The van der Waals surface area contributed by atoms with Gasteiger partial charge in [-0.05, 0) is 60.3 Å². The van der Waals surface area contributed by atoms with Crippen molar-refractivity contribution >= 4 is 35.5 Å². The van der Waals surface area contributed by atoms with Gasteiger partial charge in [-0.15, -0.1) is 0 Å². The molecule has 14 heteroatoms. The number of aliphatic hydroxyl groups is 2. The van der Waals surface area contributed by atoms with Gasteiger partial charge >= 0.3 is 5.97 Å². The van der Waals surface area contributed by atoms with Gasteiger partial charge in [0.2, 0.25) is 29.5 Å². The topological polar surface area (TPSA) is 223 Å². The van der Waals surface area contributed by atoms with Gasteiger partial charge < -0.3 is 41.9 Å². The van der Waals surface area contributed by atoms with Crippen molar-refractivity contribution < 1.29 is 44.1 Å². The van der Waals surface area contributed by atoms with Crippen LogP contribution in [-0.2, 0) is 36.9 Å². The van der Waals surface area contributed by atoms with Gasteiger partial charge in [0.1, 0.15) is 12.1 Å². The highest BCUT2D eigenvalue weighted by Crippen LogP contribution is 2.28. The molecule has 314 valence electrons. The van der Waals surface area contributed by atoms with Crippen molar-refractivity contribution in [1.29, 1.82) is 0 Å². The summed E-state index contributed by atoms with van der Waals surface area (Å²) in [5.74, 6) is -3.48. The second-order valence-electron chi connectivity index (χ2n) is 16.2. The van der Waals surface area contributed by atoms with E-state index in [2.05, 4.69) is 26.6 Å². The van der Waals surface area contributed by atoms with Gasteiger partial charge in [0, 0.05) is 13.5 Å². The van der Waals surface area contributed by atoms with Crippen LogP contribution in [-0.4, -0.2) is 87.2 Å². The fourth-order valence-electron chi connectivity index (χ4n) is 7.24. The first kappa shape index (κ1) is 46.6. The first-order valence-electron chi connectivity index (χ1n) is 20.2. The number of aromatic carboxylic acids is 1. The first-order chi connectivity index (χ1) is 27.0. The molecule has 1 aliphatic carbocycles. The van der Waals surface area contributed by atoms with Crippen molar-refractivity contribution in [3.8, 4) is 0 Å². The minimum atomic E-state index is -1.33. The molecule has 2 aromatic carbocycles. The molecule has 0 saturated heterocycles. The second kappa shape index (κ2) is 23.4. The molecule has 0 heterocycles. The van der Waals surface area contributed by atoms with Crippen LogP contribution in [0.15, 0.2) is 54.6 Å². The van der Waals surface area contributed by atoms with E-state index >= 15 is 0 Å². The van der Waals surface area contributed by atoms with Crippen LogP contribution < -0.4 is 26.6 Å². The Bertz CT molecular complexity index is 1610. The number of aliphatic hydroxyl groups excluding tert-OH is 2. The van der Waals surface area contributed by atoms with E-state index in [-0.39, 0.29) is 48.6 Å². The number of carbonyl (C=O) groups excluding carboxylic acids is 5. The van der Waals surface area contributed by atoms with Crippen LogP contribution in [0.3, 0.4) is 0 Å². The Morgan fingerprint density at radius 3 is 1.86 bits per heavy atom. The molecule has 14 nitrogen and oxygen atoms in total. The van der Waals surface area contributed by atoms with Crippen LogP contribution in [0, 0.1) is 17.8 Å². The van der Waals surface area contributed by atoms with Gasteiger partial charge in [0.05, 0.1) is 42.7 Å². The number of carbonyl (C=O) groups is 6. The highest BCUT2D eigenvalue weighted by Gasteiger charge is 2.33. The number of carboxylic acids is 1. The quantitative estimate of drug-likeness (QED) is 0.0874.